The third-order valence-corrected chi connectivity index (χ3v) is 9.66. The first-order valence-corrected chi connectivity index (χ1v) is 17.2. The van der Waals surface area contributed by atoms with Gasteiger partial charge in [0.2, 0.25) is 0 Å². The second-order valence-electron chi connectivity index (χ2n) is 11.0. The second-order valence-corrected chi connectivity index (χ2v) is 13.3. The highest BCUT2D eigenvalue weighted by molar-refractivity contribution is 8.02. The molecule has 6 nitrogen and oxygen atoms in total. The Bertz CT molecular complexity index is 1340. The Morgan fingerprint density at radius 3 is 1.25 bits per heavy atom. The van der Waals surface area contributed by atoms with Gasteiger partial charge in [0.05, 0.1) is 12.2 Å². The molecule has 2 unspecified atom stereocenters. The van der Waals surface area contributed by atoms with Gasteiger partial charge in [0.15, 0.2) is 0 Å². The minimum atomic E-state index is -0.542. The normalized spacial score (nSPS) is 12.4. The van der Waals surface area contributed by atoms with Gasteiger partial charge in [0, 0.05) is 45.8 Å². The van der Waals surface area contributed by atoms with Crippen molar-refractivity contribution in [3.05, 3.63) is 107 Å². The standard InChI is InChI=1S/C36H44N2O4S2/c1-25-5-7-31(19-27(25)3)37-29-9-13-35(14-10-29)41-21-33(39)23-43-17-18-44-24-34(40)22-42-36-15-11-30(12-16-36)38-32-8-6-26(2)28(4)20-32/h5-16,19-20,33-34,37-40H,17-18,21-24H2,1-4H3. The maximum atomic E-state index is 10.3. The van der Waals surface area contributed by atoms with Gasteiger partial charge in [-0.1, -0.05) is 12.1 Å². The van der Waals surface area contributed by atoms with Crippen LogP contribution in [0.25, 0.3) is 0 Å². The molecule has 8 heteroatoms. The Morgan fingerprint density at radius 2 is 0.886 bits per heavy atom. The number of rotatable bonds is 17. The van der Waals surface area contributed by atoms with Crippen molar-refractivity contribution in [2.45, 2.75) is 39.9 Å². The largest absolute Gasteiger partial charge is 0.491 e. The van der Waals surface area contributed by atoms with Crippen LogP contribution in [0, 0.1) is 27.7 Å². The van der Waals surface area contributed by atoms with Crippen molar-refractivity contribution in [3.63, 3.8) is 0 Å². The molecule has 0 bridgehead atoms. The Hall–Kier alpha value is -3.30. The number of hydrogen-bond acceptors (Lipinski definition) is 8. The Balaban J connectivity index is 1.03. The average molecular weight is 633 g/mol. The number of aryl methyl sites for hydroxylation is 4. The summed E-state index contributed by atoms with van der Waals surface area (Å²) >= 11 is 3.38. The molecule has 44 heavy (non-hydrogen) atoms. The van der Waals surface area contributed by atoms with E-state index in [1.165, 1.54) is 22.3 Å². The van der Waals surface area contributed by atoms with Gasteiger partial charge in [0.25, 0.3) is 0 Å². The fraction of sp³-hybridized carbons (Fsp3) is 0.333. The number of benzene rings is 4. The molecule has 0 saturated carbocycles. The van der Waals surface area contributed by atoms with Crippen molar-refractivity contribution in [1.82, 2.24) is 0 Å². The number of thioether (sulfide) groups is 2. The van der Waals surface area contributed by atoms with E-state index in [9.17, 15) is 10.2 Å². The molecule has 0 aliphatic carbocycles. The summed E-state index contributed by atoms with van der Waals surface area (Å²) in [5, 5.41) is 27.4. The summed E-state index contributed by atoms with van der Waals surface area (Å²) in [7, 11) is 0. The third-order valence-electron chi connectivity index (χ3n) is 7.18. The van der Waals surface area contributed by atoms with Gasteiger partial charge < -0.3 is 30.3 Å². The average Bonchev–Trinajstić information content (AvgIpc) is 3.02. The highest BCUT2D eigenvalue weighted by Gasteiger charge is 2.09. The van der Waals surface area contributed by atoms with Crippen LogP contribution in [-0.2, 0) is 0 Å². The first-order chi connectivity index (χ1) is 21.2. The van der Waals surface area contributed by atoms with E-state index in [1.54, 1.807) is 23.5 Å². The molecule has 0 saturated heterocycles. The summed E-state index contributed by atoms with van der Waals surface area (Å²) in [6, 6.07) is 28.2. The number of aliphatic hydroxyl groups excluding tert-OH is 2. The van der Waals surface area contributed by atoms with Gasteiger partial charge in [-0.15, -0.1) is 0 Å². The van der Waals surface area contributed by atoms with Gasteiger partial charge in [-0.05, 0) is 123 Å². The van der Waals surface area contributed by atoms with E-state index < -0.39 is 12.2 Å². The minimum absolute atomic E-state index is 0.253. The van der Waals surface area contributed by atoms with Crippen molar-refractivity contribution in [1.29, 1.82) is 0 Å². The SMILES string of the molecule is Cc1ccc(Nc2ccc(OCC(O)CSCCSCC(O)COc3ccc(Nc4ccc(C)c(C)c4)cc3)cc2)cc1C. The van der Waals surface area contributed by atoms with E-state index in [-0.39, 0.29) is 13.2 Å². The molecule has 0 radical (unpaired) electrons. The lowest BCUT2D eigenvalue weighted by Gasteiger charge is -2.14. The zero-order valence-electron chi connectivity index (χ0n) is 26.0. The summed E-state index contributed by atoms with van der Waals surface area (Å²) in [5.41, 5.74) is 9.14. The Kier molecular flexibility index (Phi) is 13.2. The van der Waals surface area contributed by atoms with E-state index in [0.29, 0.717) is 11.5 Å². The summed E-state index contributed by atoms with van der Waals surface area (Å²) in [6.07, 6.45) is -1.08. The predicted molar refractivity (Wildman–Crippen MR) is 189 cm³/mol. The molecule has 0 aliphatic heterocycles. The summed E-state index contributed by atoms with van der Waals surface area (Å²) in [5.74, 6) is 4.46. The van der Waals surface area contributed by atoms with Crippen LogP contribution in [0.2, 0.25) is 0 Å². The smallest absolute Gasteiger partial charge is 0.119 e. The van der Waals surface area contributed by atoms with Crippen LogP contribution in [0.4, 0.5) is 22.7 Å². The summed E-state index contributed by atoms with van der Waals surface area (Å²) in [6.45, 7) is 8.93. The molecule has 0 aromatic heterocycles. The first-order valence-electron chi connectivity index (χ1n) is 14.9. The van der Waals surface area contributed by atoms with E-state index in [2.05, 4.69) is 74.7 Å². The van der Waals surface area contributed by atoms with Gasteiger partial charge in [-0.3, -0.25) is 0 Å². The van der Waals surface area contributed by atoms with Crippen molar-refractivity contribution < 1.29 is 19.7 Å². The van der Waals surface area contributed by atoms with Crippen LogP contribution in [0.3, 0.4) is 0 Å². The maximum absolute atomic E-state index is 10.3. The van der Waals surface area contributed by atoms with Crippen LogP contribution in [0.15, 0.2) is 84.9 Å². The van der Waals surface area contributed by atoms with E-state index in [1.807, 2.05) is 48.5 Å². The zero-order chi connectivity index (χ0) is 31.3. The highest BCUT2D eigenvalue weighted by Crippen LogP contribution is 2.24. The van der Waals surface area contributed by atoms with Crippen LogP contribution >= 0.6 is 23.5 Å². The van der Waals surface area contributed by atoms with Crippen molar-refractivity contribution in [2.75, 3.05) is 46.9 Å². The van der Waals surface area contributed by atoms with Crippen molar-refractivity contribution >= 4 is 46.3 Å². The Morgan fingerprint density at radius 1 is 0.523 bits per heavy atom. The number of nitrogens with one attached hydrogen (secondary N) is 2. The van der Waals surface area contributed by atoms with E-state index in [4.69, 9.17) is 9.47 Å². The molecule has 0 fully saturated rings. The van der Waals surface area contributed by atoms with Gasteiger partial charge in [-0.25, -0.2) is 0 Å². The zero-order valence-corrected chi connectivity index (χ0v) is 27.6. The first kappa shape index (κ1) is 33.6. The van der Waals surface area contributed by atoms with Gasteiger partial charge in [-0.2, -0.15) is 23.5 Å². The molecule has 0 heterocycles. The van der Waals surface area contributed by atoms with E-state index in [0.717, 1.165) is 45.8 Å². The van der Waals surface area contributed by atoms with Crippen LogP contribution in [0.1, 0.15) is 22.3 Å². The topological polar surface area (TPSA) is 83.0 Å². The fourth-order valence-electron chi connectivity index (χ4n) is 4.28. The lowest BCUT2D eigenvalue weighted by molar-refractivity contribution is 0.126. The molecular formula is C36H44N2O4S2. The maximum Gasteiger partial charge on any atom is 0.119 e. The predicted octanol–water partition coefficient (Wildman–Crippen LogP) is 8.05. The molecule has 234 valence electrons. The second kappa shape index (κ2) is 17.3. The summed E-state index contributed by atoms with van der Waals surface area (Å²) < 4.78 is 11.6. The van der Waals surface area contributed by atoms with Crippen LogP contribution in [0.5, 0.6) is 11.5 Å². The van der Waals surface area contributed by atoms with Gasteiger partial charge >= 0.3 is 0 Å². The monoisotopic (exact) mass is 632 g/mol. The molecule has 0 amide bonds. The van der Waals surface area contributed by atoms with Crippen molar-refractivity contribution in [3.8, 4) is 11.5 Å². The van der Waals surface area contributed by atoms with Gasteiger partial charge in [0.1, 0.15) is 24.7 Å². The van der Waals surface area contributed by atoms with E-state index >= 15 is 0 Å². The third kappa shape index (κ3) is 11.3. The quantitative estimate of drug-likeness (QED) is 0.0871. The molecule has 4 aromatic carbocycles. The van der Waals surface area contributed by atoms with Crippen LogP contribution < -0.4 is 20.1 Å². The lowest BCUT2D eigenvalue weighted by atomic mass is 10.1. The molecule has 4 rings (SSSR count). The molecule has 4 N–H and O–H groups in total. The molecule has 0 spiro atoms. The lowest BCUT2D eigenvalue weighted by Crippen LogP contribution is -2.21. The molecule has 2 atom stereocenters. The number of hydrogen-bond donors (Lipinski definition) is 4. The Labute approximate surface area is 270 Å². The van der Waals surface area contributed by atoms with Crippen LogP contribution in [-0.4, -0.2) is 58.6 Å². The number of aliphatic hydroxyl groups is 2. The molecular weight excluding hydrogens is 589 g/mol. The number of ether oxygens (including phenoxy) is 2. The number of anilines is 4. The summed E-state index contributed by atoms with van der Waals surface area (Å²) in [4.78, 5) is 0. The molecule has 4 aromatic rings. The van der Waals surface area contributed by atoms with Crippen molar-refractivity contribution in [2.24, 2.45) is 0 Å². The highest BCUT2D eigenvalue weighted by atomic mass is 32.2. The minimum Gasteiger partial charge on any atom is -0.491 e. The molecule has 0 aliphatic rings. The fourth-order valence-corrected chi connectivity index (χ4v) is 6.29.